The Balaban J connectivity index is 0.00000144. The fourth-order valence-corrected chi connectivity index (χ4v) is 2.14. The van der Waals surface area contributed by atoms with Crippen LogP contribution in [0.2, 0.25) is 0 Å². The molecule has 1 atom stereocenters. The van der Waals surface area contributed by atoms with Crippen molar-refractivity contribution < 1.29 is 13.2 Å². The average Bonchev–Trinajstić information content (AvgIpc) is 2.77. The van der Waals surface area contributed by atoms with E-state index >= 15 is 0 Å². The van der Waals surface area contributed by atoms with Crippen LogP contribution < -0.4 is 5.73 Å². The van der Waals surface area contributed by atoms with Crippen molar-refractivity contribution in [3.63, 3.8) is 0 Å². The molecule has 2 N–H and O–H groups in total. The van der Waals surface area contributed by atoms with Crippen LogP contribution in [0.15, 0.2) is 29.0 Å². The van der Waals surface area contributed by atoms with Crippen LogP contribution in [-0.2, 0) is 0 Å². The Morgan fingerprint density at radius 2 is 1.71 bits per heavy atom. The molecule has 2 aromatic rings. The standard InChI is InChI=1S/C11H8F3NS.ClH/c12-7-1-2-8(13)10(14)9(7)11(15)6-3-4-16-5-6;/h1-5,11H,15H2;1H/t11-;/m0./s1. The molecule has 1 aromatic heterocycles. The number of rotatable bonds is 2. The lowest BCUT2D eigenvalue weighted by Gasteiger charge is -2.12. The summed E-state index contributed by atoms with van der Waals surface area (Å²) in [6.07, 6.45) is 0. The van der Waals surface area contributed by atoms with Crippen molar-refractivity contribution in [3.8, 4) is 0 Å². The molecule has 1 heterocycles. The van der Waals surface area contributed by atoms with Crippen molar-refractivity contribution in [2.24, 2.45) is 5.73 Å². The van der Waals surface area contributed by atoms with Gasteiger partial charge >= 0.3 is 0 Å². The normalized spacial score (nSPS) is 12.0. The molecule has 0 radical (unpaired) electrons. The Morgan fingerprint density at radius 1 is 1.06 bits per heavy atom. The van der Waals surface area contributed by atoms with Crippen molar-refractivity contribution in [1.29, 1.82) is 0 Å². The molecule has 1 aromatic carbocycles. The van der Waals surface area contributed by atoms with Crippen molar-refractivity contribution in [2.75, 3.05) is 0 Å². The molecular formula is C11H9ClF3NS. The first-order valence-corrected chi connectivity index (χ1v) is 5.46. The van der Waals surface area contributed by atoms with Gasteiger partial charge in [0, 0.05) is 5.56 Å². The maximum atomic E-state index is 13.4. The Labute approximate surface area is 106 Å². The molecule has 0 fully saturated rings. The van der Waals surface area contributed by atoms with Crippen LogP contribution in [0, 0.1) is 17.5 Å². The highest BCUT2D eigenvalue weighted by atomic mass is 35.5. The lowest BCUT2D eigenvalue weighted by atomic mass is 10.0. The summed E-state index contributed by atoms with van der Waals surface area (Å²) in [5.74, 6) is -3.15. The molecule has 0 amide bonds. The highest BCUT2D eigenvalue weighted by Gasteiger charge is 2.21. The van der Waals surface area contributed by atoms with Gasteiger partial charge in [0.1, 0.15) is 5.82 Å². The number of benzene rings is 1. The summed E-state index contributed by atoms with van der Waals surface area (Å²) in [6.45, 7) is 0. The van der Waals surface area contributed by atoms with Crippen molar-refractivity contribution in [1.82, 2.24) is 0 Å². The molecule has 1 nitrogen and oxygen atoms in total. The van der Waals surface area contributed by atoms with E-state index in [4.69, 9.17) is 5.73 Å². The zero-order valence-electron chi connectivity index (χ0n) is 8.49. The van der Waals surface area contributed by atoms with Crippen LogP contribution in [0.1, 0.15) is 17.2 Å². The van der Waals surface area contributed by atoms with Crippen LogP contribution in [-0.4, -0.2) is 0 Å². The number of hydrogen-bond donors (Lipinski definition) is 1. The second-order valence-electron chi connectivity index (χ2n) is 3.29. The molecule has 0 unspecified atom stereocenters. The first kappa shape index (κ1) is 14.0. The summed E-state index contributed by atoms with van der Waals surface area (Å²) in [7, 11) is 0. The average molecular weight is 280 g/mol. The molecule has 2 rings (SSSR count). The molecular weight excluding hydrogens is 271 g/mol. The first-order chi connectivity index (χ1) is 7.61. The largest absolute Gasteiger partial charge is 0.320 e. The van der Waals surface area contributed by atoms with Gasteiger partial charge in [-0.15, -0.1) is 12.4 Å². The molecule has 0 spiro atoms. The quantitative estimate of drug-likeness (QED) is 0.835. The van der Waals surface area contributed by atoms with Gasteiger partial charge in [0.25, 0.3) is 0 Å². The maximum absolute atomic E-state index is 13.4. The number of halogens is 4. The smallest absolute Gasteiger partial charge is 0.166 e. The summed E-state index contributed by atoms with van der Waals surface area (Å²) < 4.78 is 39.8. The maximum Gasteiger partial charge on any atom is 0.166 e. The molecule has 0 saturated heterocycles. The van der Waals surface area contributed by atoms with Crippen LogP contribution in [0.5, 0.6) is 0 Å². The van der Waals surface area contributed by atoms with Gasteiger partial charge in [-0.25, -0.2) is 13.2 Å². The molecule has 92 valence electrons. The minimum Gasteiger partial charge on any atom is -0.320 e. The van der Waals surface area contributed by atoms with Gasteiger partial charge in [-0.1, -0.05) is 0 Å². The Bertz CT molecular complexity index is 502. The molecule has 6 heteroatoms. The Kier molecular flexibility index (Phi) is 4.56. The zero-order chi connectivity index (χ0) is 11.7. The molecule has 17 heavy (non-hydrogen) atoms. The van der Waals surface area contributed by atoms with Gasteiger partial charge in [-0.2, -0.15) is 11.3 Å². The molecule has 0 aliphatic heterocycles. The lowest BCUT2D eigenvalue weighted by molar-refractivity contribution is 0.473. The summed E-state index contributed by atoms with van der Waals surface area (Å²) in [5, 5.41) is 3.42. The minimum atomic E-state index is -1.22. The van der Waals surface area contributed by atoms with Crippen LogP contribution in [0.4, 0.5) is 13.2 Å². The molecule has 0 aliphatic rings. The third-order valence-corrected chi connectivity index (χ3v) is 2.99. The molecule has 0 aliphatic carbocycles. The van der Waals surface area contributed by atoms with E-state index in [9.17, 15) is 13.2 Å². The Hall–Kier alpha value is -1.04. The predicted molar refractivity (Wildman–Crippen MR) is 63.9 cm³/mol. The van der Waals surface area contributed by atoms with Crippen molar-refractivity contribution in [2.45, 2.75) is 6.04 Å². The summed E-state index contributed by atoms with van der Waals surface area (Å²) in [4.78, 5) is 0. The number of hydrogen-bond acceptors (Lipinski definition) is 2. The number of nitrogens with two attached hydrogens (primary N) is 1. The third kappa shape index (κ3) is 2.62. The van der Waals surface area contributed by atoms with E-state index < -0.39 is 29.1 Å². The second-order valence-corrected chi connectivity index (χ2v) is 4.07. The van der Waals surface area contributed by atoms with Crippen LogP contribution in [0.25, 0.3) is 0 Å². The first-order valence-electron chi connectivity index (χ1n) is 4.52. The lowest BCUT2D eigenvalue weighted by Crippen LogP contribution is -2.15. The minimum absolute atomic E-state index is 0. The van der Waals surface area contributed by atoms with E-state index in [1.54, 1.807) is 16.8 Å². The van der Waals surface area contributed by atoms with Gasteiger partial charge in [0.15, 0.2) is 11.6 Å². The van der Waals surface area contributed by atoms with Gasteiger partial charge in [0.05, 0.1) is 6.04 Å². The van der Waals surface area contributed by atoms with E-state index in [2.05, 4.69) is 0 Å². The van der Waals surface area contributed by atoms with Gasteiger partial charge in [-0.05, 0) is 34.5 Å². The van der Waals surface area contributed by atoms with Crippen molar-refractivity contribution >= 4 is 23.7 Å². The summed E-state index contributed by atoms with van der Waals surface area (Å²) in [6, 6.07) is 2.29. The Morgan fingerprint density at radius 3 is 2.29 bits per heavy atom. The highest BCUT2D eigenvalue weighted by Crippen LogP contribution is 2.27. The van der Waals surface area contributed by atoms with E-state index in [1.165, 1.54) is 11.3 Å². The third-order valence-electron chi connectivity index (χ3n) is 2.29. The summed E-state index contributed by atoms with van der Waals surface area (Å²) in [5.41, 5.74) is 5.82. The summed E-state index contributed by atoms with van der Waals surface area (Å²) >= 11 is 1.36. The van der Waals surface area contributed by atoms with Gasteiger partial charge in [0.2, 0.25) is 0 Å². The predicted octanol–water partition coefficient (Wildman–Crippen LogP) is 3.64. The topological polar surface area (TPSA) is 26.0 Å². The van der Waals surface area contributed by atoms with E-state index in [0.29, 0.717) is 5.56 Å². The van der Waals surface area contributed by atoms with E-state index in [1.807, 2.05) is 0 Å². The number of thiophene rings is 1. The van der Waals surface area contributed by atoms with Crippen LogP contribution in [0.3, 0.4) is 0 Å². The van der Waals surface area contributed by atoms with E-state index in [-0.39, 0.29) is 12.4 Å². The fourth-order valence-electron chi connectivity index (χ4n) is 1.45. The molecule has 0 bridgehead atoms. The SMILES string of the molecule is Cl.N[C@@H](c1ccsc1)c1c(F)ccc(F)c1F. The second kappa shape index (κ2) is 5.53. The molecule has 0 saturated carbocycles. The van der Waals surface area contributed by atoms with Gasteiger partial charge < -0.3 is 5.73 Å². The zero-order valence-corrected chi connectivity index (χ0v) is 10.1. The monoisotopic (exact) mass is 279 g/mol. The van der Waals surface area contributed by atoms with Crippen molar-refractivity contribution in [3.05, 3.63) is 57.5 Å². The fraction of sp³-hybridized carbons (Fsp3) is 0.0909. The van der Waals surface area contributed by atoms with Gasteiger partial charge in [-0.3, -0.25) is 0 Å². The highest BCUT2D eigenvalue weighted by molar-refractivity contribution is 7.08. The van der Waals surface area contributed by atoms with Crippen LogP contribution >= 0.6 is 23.7 Å². The van der Waals surface area contributed by atoms with E-state index in [0.717, 1.165) is 12.1 Å².